The van der Waals surface area contributed by atoms with Gasteiger partial charge in [0, 0.05) is 57.2 Å². The standard InChI is InChI=1S/C28H26FN5O3/c1-32(12-10-18-6-4-5-11-31-18)28(36)20-16-34-22-7-2-3-8-23(22)37-27-24(34)19(26(20)35)14-21(29)25(27)33-13-9-17(30)15-33/h2-8,11,14,16-17H,9-10,12-13,15,30H2,1H3. The van der Waals surface area contributed by atoms with Crippen LogP contribution in [0, 0.1) is 5.82 Å². The first-order chi connectivity index (χ1) is 17.9. The number of halogens is 1. The van der Waals surface area contributed by atoms with Crippen LogP contribution in [0.5, 0.6) is 11.5 Å². The number of rotatable bonds is 5. The van der Waals surface area contributed by atoms with Crippen molar-refractivity contribution in [2.75, 3.05) is 31.6 Å². The van der Waals surface area contributed by atoms with Crippen LogP contribution < -0.4 is 20.8 Å². The maximum atomic E-state index is 15.6. The molecule has 2 aromatic heterocycles. The molecule has 8 nitrogen and oxygen atoms in total. The smallest absolute Gasteiger partial charge is 0.259 e. The van der Waals surface area contributed by atoms with Crippen LogP contribution in [-0.4, -0.2) is 53.1 Å². The van der Waals surface area contributed by atoms with E-state index in [2.05, 4.69) is 4.98 Å². The summed E-state index contributed by atoms with van der Waals surface area (Å²) in [6.07, 6.45) is 4.53. The Bertz CT molecular complexity index is 1590. The third-order valence-corrected chi connectivity index (χ3v) is 7.06. The number of fused-ring (bicyclic) bond motifs is 2. The highest BCUT2D eigenvalue weighted by atomic mass is 19.1. The Labute approximate surface area is 212 Å². The number of carbonyl (C=O) groups excluding carboxylic acids is 1. The van der Waals surface area contributed by atoms with Gasteiger partial charge in [-0.25, -0.2) is 4.39 Å². The van der Waals surface area contributed by atoms with Gasteiger partial charge in [-0.1, -0.05) is 18.2 Å². The van der Waals surface area contributed by atoms with E-state index in [1.807, 2.05) is 41.3 Å². The number of pyridine rings is 2. The molecule has 1 atom stereocenters. The minimum Gasteiger partial charge on any atom is -0.451 e. The number of likely N-dealkylation sites (N-methyl/N-ethyl adjacent to an activating group) is 1. The van der Waals surface area contributed by atoms with Crippen LogP contribution in [0.2, 0.25) is 0 Å². The van der Waals surface area contributed by atoms with E-state index >= 15 is 4.39 Å². The van der Waals surface area contributed by atoms with Crippen molar-refractivity contribution >= 4 is 22.5 Å². The third kappa shape index (κ3) is 3.92. The highest BCUT2D eigenvalue weighted by molar-refractivity contribution is 6.01. The molecule has 0 saturated carbocycles. The van der Waals surface area contributed by atoms with Crippen molar-refractivity contribution in [3.63, 3.8) is 0 Å². The van der Waals surface area contributed by atoms with Crippen molar-refractivity contribution in [1.82, 2.24) is 14.5 Å². The molecule has 0 radical (unpaired) electrons. The van der Waals surface area contributed by atoms with Gasteiger partial charge in [0.15, 0.2) is 17.3 Å². The van der Waals surface area contributed by atoms with Gasteiger partial charge in [0.1, 0.15) is 16.8 Å². The van der Waals surface area contributed by atoms with Gasteiger partial charge in [0.25, 0.3) is 5.91 Å². The molecule has 9 heteroatoms. The fourth-order valence-electron chi connectivity index (χ4n) is 5.13. The minimum atomic E-state index is -0.576. The molecule has 2 aromatic carbocycles. The van der Waals surface area contributed by atoms with Crippen LogP contribution in [0.15, 0.2) is 65.7 Å². The third-order valence-electron chi connectivity index (χ3n) is 7.06. The summed E-state index contributed by atoms with van der Waals surface area (Å²) >= 11 is 0. The number of aromatic nitrogens is 2. The average molecular weight is 500 g/mol. The Balaban J connectivity index is 1.48. The second-order valence-corrected chi connectivity index (χ2v) is 9.54. The predicted molar refractivity (Wildman–Crippen MR) is 139 cm³/mol. The van der Waals surface area contributed by atoms with Gasteiger partial charge >= 0.3 is 0 Å². The maximum Gasteiger partial charge on any atom is 0.259 e. The summed E-state index contributed by atoms with van der Waals surface area (Å²) in [5.74, 6) is -0.237. The highest BCUT2D eigenvalue weighted by Gasteiger charge is 2.32. The number of anilines is 1. The highest BCUT2D eigenvalue weighted by Crippen LogP contribution is 2.47. The molecule has 4 heterocycles. The largest absolute Gasteiger partial charge is 0.451 e. The maximum absolute atomic E-state index is 15.6. The van der Waals surface area contributed by atoms with Crippen molar-refractivity contribution < 1.29 is 13.9 Å². The molecule has 4 aromatic rings. The first-order valence-electron chi connectivity index (χ1n) is 12.3. The van der Waals surface area contributed by atoms with Gasteiger partial charge in [-0.3, -0.25) is 14.6 Å². The molecule has 1 saturated heterocycles. The van der Waals surface area contributed by atoms with Crippen LogP contribution in [-0.2, 0) is 6.42 Å². The van der Waals surface area contributed by atoms with Crippen molar-refractivity contribution in [2.24, 2.45) is 5.73 Å². The second-order valence-electron chi connectivity index (χ2n) is 9.54. The summed E-state index contributed by atoms with van der Waals surface area (Å²) in [5.41, 5.74) is 7.77. The lowest BCUT2D eigenvalue weighted by molar-refractivity contribution is 0.0794. The molecule has 6 rings (SSSR count). The summed E-state index contributed by atoms with van der Waals surface area (Å²) in [5, 5.41) is 0.0956. The summed E-state index contributed by atoms with van der Waals surface area (Å²) in [6, 6.07) is 14.1. The fraction of sp³-hybridized carbons (Fsp3) is 0.250. The molecule has 1 amide bonds. The van der Waals surface area contributed by atoms with Crippen LogP contribution >= 0.6 is 0 Å². The molecular formula is C28H26FN5O3. The Kier molecular flexibility index (Phi) is 5.64. The Hall–Kier alpha value is -4.24. The summed E-state index contributed by atoms with van der Waals surface area (Å²) in [7, 11) is 1.65. The van der Waals surface area contributed by atoms with Crippen molar-refractivity contribution in [3.8, 4) is 17.2 Å². The van der Waals surface area contributed by atoms with Gasteiger partial charge in [-0.15, -0.1) is 0 Å². The van der Waals surface area contributed by atoms with Crippen LogP contribution in [0.1, 0.15) is 22.5 Å². The number of hydrogen-bond donors (Lipinski definition) is 1. The summed E-state index contributed by atoms with van der Waals surface area (Å²) in [6.45, 7) is 1.45. The summed E-state index contributed by atoms with van der Waals surface area (Å²) in [4.78, 5) is 34.7. The molecule has 188 valence electrons. The van der Waals surface area contributed by atoms with Gasteiger partial charge in [-0.2, -0.15) is 0 Å². The molecule has 2 N–H and O–H groups in total. The van der Waals surface area contributed by atoms with Gasteiger partial charge < -0.3 is 24.8 Å². The molecule has 2 aliphatic rings. The lowest BCUT2D eigenvalue weighted by atomic mass is 10.1. The number of nitrogens with zero attached hydrogens (tertiary/aromatic N) is 4. The normalized spacial score (nSPS) is 16.0. The molecule has 37 heavy (non-hydrogen) atoms. The molecule has 1 unspecified atom stereocenters. The Morgan fingerprint density at radius 1 is 1.24 bits per heavy atom. The van der Waals surface area contributed by atoms with Crippen molar-refractivity contribution in [2.45, 2.75) is 18.9 Å². The molecule has 0 spiro atoms. The van der Waals surface area contributed by atoms with Crippen LogP contribution in [0.4, 0.5) is 10.1 Å². The molecule has 0 bridgehead atoms. The van der Waals surface area contributed by atoms with Gasteiger partial charge in [0.2, 0.25) is 5.43 Å². The number of benzene rings is 2. The van der Waals surface area contributed by atoms with E-state index in [0.717, 1.165) is 12.1 Å². The van der Waals surface area contributed by atoms with Gasteiger partial charge in [-0.05, 0) is 36.8 Å². The number of ether oxygens (including phenoxy) is 1. The first kappa shape index (κ1) is 23.2. The first-order valence-corrected chi connectivity index (χ1v) is 12.3. The minimum absolute atomic E-state index is 0.0333. The second kappa shape index (κ2) is 9.01. The van der Waals surface area contributed by atoms with E-state index < -0.39 is 17.2 Å². The molecule has 0 aliphatic carbocycles. The Morgan fingerprint density at radius 2 is 2.05 bits per heavy atom. The molecular weight excluding hydrogens is 473 g/mol. The lowest BCUT2D eigenvalue weighted by Gasteiger charge is -2.29. The molecule has 1 fully saturated rings. The molecule has 2 aliphatic heterocycles. The van der Waals surface area contributed by atoms with E-state index in [-0.39, 0.29) is 28.4 Å². The van der Waals surface area contributed by atoms with Crippen molar-refractivity contribution in [3.05, 3.63) is 88.2 Å². The fourth-order valence-corrected chi connectivity index (χ4v) is 5.13. The zero-order chi connectivity index (χ0) is 25.7. The van der Waals surface area contributed by atoms with E-state index in [0.29, 0.717) is 43.0 Å². The SMILES string of the molecule is CN(CCc1ccccn1)C(=O)c1cn2c3c(c(N4CCC(N)C4)c(F)cc3c1=O)Oc1ccccc1-2. The number of nitrogens with two attached hydrogens (primary N) is 1. The number of carbonyl (C=O) groups is 1. The lowest BCUT2D eigenvalue weighted by Crippen LogP contribution is -2.34. The predicted octanol–water partition coefficient (Wildman–Crippen LogP) is 3.48. The van der Waals surface area contributed by atoms with E-state index in [4.69, 9.17) is 10.5 Å². The Morgan fingerprint density at radius 3 is 2.81 bits per heavy atom. The monoisotopic (exact) mass is 499 g/mol. The van der Waals surface area contributed by atoms with Crippen molar-refractivity contribution in [1.29, 1.82) is 0 Å². The van der Waals surface area contributed by atoms with E-state index in [1.165, 1.54) is 11.0 Å². The van der Waals surface area contributed by atoms with Crippen LogP contribution in [0.25, 0.3) is 16.6 Å². The topological polar surface area (TPSA) is 93.7 Å². The zero-order valence-corrected chi connectivity index (χ0v) is 20.4. The van der Waals surface area contributed by atoms with E-state index in [1.54, 1.807) is 30.1 Å². The van der Waals surface area contributed by atoms with E-state index in [9.17, 15) is 9.59 Å². The zero-order valence-electron chi connectivity index (χ0n) is 20.4. The number of para-hydroxylation sites is 2. The number of hydrogen-bond acceptors (Lipinski definition) is 6. The quantitative estimate of drug-likeness (QED) is 0.398. The average Bonchev–Trinajstić information content (AvgIpc) is 3.34. The number of amides is 1. The van der Waals surface area contributed by atoms with Crippen LogP contribution in [0.3, 0.4) is 0 Å². The van der Waals surface area contributed by atoms with Gasteiger partial charge in [0.05, 0.1) is 11.1 Å². The summed E-state index contributed by atoms with van der Waals surface area (Å²) < 4.78 is 23.6.